The van der Waals surface area contributed by atoms with E-state index in [2.05, 4.69) is 0 Å². The molecule has 576 valence electrons. The van der Waals surface area contributed by atoms with Crippen LogP contribution in [-0.4, -0.2) is 216 Å². The van der Waals surface area contributed by atoms with E-state index < -0.39 is 122 Å². The molecule has 0 rings (SSSR count). The van der Waals surface area contributed by atoms with Crippen molar-refractivity contribution in [2.75, 3.05) is 0 Å². The molecule has 0 aliphatic rings. The standard InChI is InChI=1S/18HNO3.6NO3.3Zn/c24*2-1(3)4;;;/h18*(H,2,3,4);;;;;;;;;/q;;;;;;;;;;;;;;;;;;6*-1;3*+2. The van der Waals surface area contributed by atoms with Gasteiger partial charge in [0.05, 0.1) is 30.5 Å². The Morgan fingerprint density at radius 2 is 0.101 bits per heavy atom. The molecule has 0 aliphatic heterocycles. The fourth-order valence-electron chi connectivity index (χ4n) is 0. The molecule has 0 fully saturated rings. The molecule has 0 unspecified atom stereocenters. The summed E-state index contributed by atoms with van der Waals surface area (Å²) >= 11 is 0. The van der Waals surface area contributed by atoms with Gasteiger partial charge in [-0.15, -0.1) is 182 Å². The summed E-state index contributed by atoms with van der Waals surface area (Å²) in [7, 11) is 0. The molecule has 0 heterocycles. The van der Waals surface area contributed by atoms with Gasteiger partial charge in [0.2, 0.25) is 0 Å². The third kappa shape index (κ3) is 1660. The quantitative estimate of drug-likeness (QED) is 0.0608. The third-order valence-corrected chi connectivity index (χ3v) is 0. The van der Waals surface area contributed by atoms with Crippen LogP contribution in [0.2, 0.25) is 0 Å². The summed E-state index contributed by atoms with van der Waals surface area (Å²) < 4.78 is 0. The maximum absolute atomic E-state index is 8.36. The van der Waals surface area contributed by atoms with Crippen LogP contribution in [0.25, 0.3) is 0 Å². The van der Waals surface area contributed by atoms with E-state index in [0.717, 1.165) is 0 Å². The van der Waals surface area contributed by atoms with E-state index in [-0.39, 0.29) is 58.4 Å². The first-order valence-corrected chi connectivity index (χ1v) is 13.5. The number of hydrogen-bond donors (Lipinski definition) is 18. The molecule has 0 spiro atoms. The fraction of sp³-hybridized carbons (Fsp3) is 0. The summed E-state index contributed by atoms with van der Waals surface area (Å²) in [6, 6.07) is 0. The van der Waals surface area contributed by atoms with Crippen LogP contribution in [0.15, 0.2) is 0 Å². The predicted molar refractivity (Wildman–Crippen MR) is 220 cm³/mol. The van der Waals surface area contributed by atoms with E-state index in [0.29, 0.717) is 0 Å². The Morgan fingerprint density at radius 1 is 0.101 bits per heavy atom. The van der Waals surface area contributed by atoms with E-state index in [9.17, 15) is 0 Å². The molecule has 0 bridgehead atoms. The summed E-state index contributed by atoms with van der Waals surface area (Å²) in [4.78, 5) is 200. The topological polar surface area (TPSA) is 1540 Å². The van der Waals surface area contributed by atoms with Crippen molar-refractivity contribution >= 4 is 0 Å². The minimum absolute atomic E-state index is 0. The van der Waals surface area contributed by atoms with Gasteiger partial charge in [-0.2, -0.15) is 0 Å². The van der Waals surface area contributed by atoms with Crippen molar-refractivity contribution in [3.8, 4) is 0 Å². The van der Waals surface area contributed by atoms with Crippen molar-refractivity contribution < 1.29 is 274 Å². The van der Waals surface area contributed by atoms with Crippen LogP contribution < -0.4 is 0 Å². The maximum Gasteiger partial charge on any atom is 2.00 e. The minimum atomic E-state index is -1.75. The Morgan fingerprint density at radius 3 is 0.101 bits per heavy atom. The van der Waals surface area contributed by atoms with Crippen LogP contribution in [0.3, 0.4) is 0 Å². The predicted octanol–water partition coefficient (Wildman–Crippen LogP) is -7.70. The largest absolute Gasteiger partial charge is 2.00 e. The van der Waals surface area contributed by atoms with Crippen LogP contribution in [0, 0.1) is 274 Å². The summed E-state index contributed by atoms with van der Waals surface area (Å²) in [5.41, 5.74) is 0. The molecule has 0 amide bonds. The Kier molecular flexibility index (Phi) is 308. The van der Waals surface area contributed by atoms with Gasteiger partial charge in [-0.05, 0) is 0 Å². The molecule has 0 saturated carbocycles. The van der Waals surface area contributed by atoms with E-state index in [1.807, 2.05) is 0 Å². The number of rotatable bonds is 0. The second-order valence-corrected chi connectivity index (χ2v) is 5.62. The van der Waals surface area contributed by atoms with Crippen LogP contribution in [-0.2, 0) is 58.4 Å². The van der Waals surface area contributed by atoms with Gasteiger partial charge in [0.15, 0.2) is 0 Å². The van der Waals surface area contributed by atoms with E-state index in [1.165, 1.54) is 0 Å². The van der Waals surface area contributed by atoms with Crippen LogP contribution in [0.5, 0.6) is 0 Å². The Labute approximate surface area is 548 Å². The van der Waals surface area contributed by atoms with Crippen molar-refractivity contribution in [1.29, 1.82) is 0 Å². The van der Waals surface area contributed by atoms with Gasteiger partial charge in [0, 0.05) is 0 Å². The first kappa shape index (κ1) is 178. The number of nitrogens with zero attached hydrogens (tertiary/aromatic N) is 24. The molecule has 0 atom stereocenters. The SMILES string of the molecule is O=[N+]([O-])O.O=[N+]([O-])O.O=[N+]([O-])O.O=[N+]([O-])O.O=[N+]([O-])O.O=[N+]([O-])O.O=[N+]([O-])O.O=[N+]([O-])O.O=[N+]([O-])O.O=[N+]([O-])O.O=[N+]([O-])O.O=[N+]([O-])O.O=[N+]([O-])O.O=[N+]([O-])O.O=[N+]([O-])O.O=[N+]([O-])O.O=[N+]([O-])O.O=[N+]([O-])O.O=[N+]([O-])[O-].O=[N+]([O-])[O-].O=[N+]([O-])[O-].O=[N+]([O-])[O-].O=[N+]([O-])[O-].O=[N+]([O-])[O-].[Zn+2].[Zn+2].[Zn+2]. The first-order valence-electron chi connectivity index (χ1n) is 13.5. The second-order valence-electron chi connectivity index (χ2n) is 5.62. The average Bonchev–Trinajstić information content (AvgIpc) is 3.12. The van der Waals surface area contributed by atoms with Crippen LogP contribution in [0.1, 0.15) is 0 Å². The van der Waals surface area contributed by atoms with Crippen molar-refractivity contribution in [2.45, 2.75) is 0 Å². The zero-order chi connectivity index (χ0) is 85.9. The normalized spacial score (nSPS) is 5.82. The zero-order valence-corrected chi connectivity index (χ0v) is 51.9. The smallest absolute Gasteiger partial charge is 0.356 e. The van der Waals surface area contributed by atoms with Crippen molar-refractivity contribution in [1.82, 2.24) is 0 Å². The van der Waals surface area contributed by atoms with Gasteiger partial charge in [-0.1, -0.05) is 0 Å². The Bertz CT molecular complexity index is 1310. The molecule has 99 heteroatoms. The van der Waals surface area contributed by atoms with Crippen LogP contribution in [0.4, 0.5) is 0 Å². The van der Waals surface area contributed by atoms with Gasteiger partial charge in [0.1, 0.15) is 0 Å². The molecular formula is H18N24O72Zn3. The molecule has 0 aromatic heterocycles. The molecule has 0 aliphatic carbocycles. The second kappa shape index (κ2) is 171. The van der Waals surface area contributed by atoms with E-state index >= 15 is 0 Å². The average molecular weight is 1700 g/mol. The molecule has 0 aromatic carbocycles. The van der Waals surface area contributed by atoms with Gasteiger partial charge in [-0.25, -0.2) is 0 Å². The first-order chi connectivity index (χ1) is 41.6. The van der Waals surface area contributed by atoms with Gasteiger partial charge >= 0.3 is 58.4 Å². The fourth-order valence-corrected chi connectivity index (χ4v) is 0. The van der Waals surface area contributed by atoms with Gasteiger partial charge < -0.3 is 186 Å². The van der Waals surface area contributed by atoms with Crippen molar-refractivity contribution in [3.63, 3.8) is 0 Å². The third-order valence-electron chi connectivity index (χ3n) is 0. The molecule has 18 N–H and O–H groups in total. The molecule has 0 radical (unpaired) electrons. The molecule has 0 aromatic rings. The van der Waals surface area contributed by atoms with Crippen molar-refractivity contribution in [2.24, 2.45) is 0 Å². The molecule has 0 saturated heterocycles. The van der Waals surface area contributed by atoms with Crippen molar-refractivity contribution in [3.05, 3.63) is 274 Å². The maximum atomic E-state index is 8.36. The summed E-state index contributed by atoms with van der Waals surface area (Å²) in [5, 5.41) is 334. The summed E-state index contributed by atoms with van der Waals surface area (Å²) in [6.45, 7) is 0. The molecular weight excluding hydrogens is 1680 g/mol. The van der Waals surface area contributed by atoms with E-state index in [1.54, 1.807) is 0 Å². The van der Waals surface area contributed by atoms with Gasteiger partial charge in [-0.3, -0.25) is 0 Å². The van der Waals surface area contributed by atoms with E-state index in [4.69, 9.17) is 368 Å². The zero-order valence-electron chi connectivity index (χ0n) is 42.9. The Hall–Kier alpha value is -17.3. The van der Waals surface area contributed by atoms with Crippen LogP contribution >= 0.6 is 0 Å². The molecule has 96 nitrogen and oxygen atoms in total. The minimum Gasteiger partial charge on any atom is -0.356 e. The molecule has 99 heavy (non-hydrogen) atoms. The summed E-state index contributed by atoms with van der Waals surface area (Å²) in [6.07, 6.45) is 0. The monoisotopic (exact) mass is 1700 g/mol. The Balaban J connectivity index is -0.0000000218. The number of hydrogen-bond acceptors (Lipinski definition) is 54. The van der Waals surface area contributed by atoms with Gasteiger partial charge in [0.25, 0.3) is 91.6 Å². The summed E-state index contributed by atoms with van der Waals surface area (Å²) in [5.74, 6) is 0.